The first kappa shape index (κ1) is 19.2. The third-order valence-electron chi connectivity index (χ3n) is 3.75. The second-order valence-corrected chi connectivity index (χ2v) is 8.49. The summed E-state index contributed by atoms with van der Waals surface area (Å²) in [5, 5.41) is 6.67. The molecule has 24 heavy (non-hydrogen) atoms. The van der Waals surface area contributed by atoms with Crippen LogP contribution in [0.25, 0.3) is 0 Å². The zero-order valence-electron chi connectivity index (χ0n) is 13.3. The first-order chi connectivity index (χ1) is 11.3. The van der Waals surface area contributed by atoms with E-state index >= 15 is 0 Å². The van der Waals surface area contributed by atoms with E-state index in [1.54, 1.807) is 6.07 Å². The van der Waals surface area contributed by atoms with E-state index in [1.807, 2.05) is 0 Å². The number of carbonyl (C=O) groups excluding carboxylic acids is 1. The molecule has 0 aliphatic carbocycles. The average Bonchev–Trinajstić information content (AvgIpc) is 2.52. The number of halogens is 2. The van der Waals surface area contributed by atoms with Gasteiger partial charge in [0, 0.05) is 32.4 Å². The smallest absolute Gasteiger partial charge is 0.224 e. The van der Waals surface area contributed by atoms with Crippen molar-refractivity contribution in [2.24, 2.45) is 5.92 Å². The van der Waals surface area contributed by atoms with Crippen molar-refractivity contribution in [1.29, 1.82) is 0 Å². The fourth-order valence-corrected chi connectivity index (χ4v) is 3.87. The lowest BCUT2D eigenvalue weighted by molar-refractivity contribution is -0.125. The fourth-order valence-electron chi connectivity index (χ4n) is 2.51. The number of sulfonamides is 1. The minimum absolute atomic E-state index is 0.139. The van der Waals surface area contributed by atoms with Gasteiger partial charge in [-0.3, -0.25) is 4.79 Å². The summed E-state index contributed by atoms with van der Waals surface area (Å²) in [7, 11) is -3.25. The van der Waals surface area contributed by atoms with E-state index in [1.165, 1.54) is 16.8 Å². The quantitative estimate of drug-likeness (QED) is 0.714. The molecular formula is C14H20Cl2N4O3S. The predicted octanol–water partition coefficient (Wildman–Crippen LogP) is 1.59. The van der Waals surface area contributed by atoms with Crippen LogP contribution in [-0.4, -0.2) is 56.0 Å². The highest BCUT2D eigenvalue weighted by atomic mass is 35.5. The molecule has 2 N–H and O–H groups in total. The van der Waals surface area contributed by atoms with Crippen molar-refractivity contribution in [3.8, 4) is 0 Å². The highest BCUT2D eigenvalue weighted by Gasteiger charge is 2.29. The summed E-state index contributed by atoms with van der Waals surface area (Å²) < 4.78 is 24.5. The molecule has 1 atom stereocenters. The van der Waals surface area contributed by atoms with Crippen molar-refractivity contribution >= 4 is 45.0 Å². The van der Waals surface area contributed by atoms with Crippen LogP contribution in [0.5, 0.6) is 0 Å². The predicted molar refractivity (Wildman–Crippen MR) is 94.9 cm³/mol. The molecule has 1 aromatic heterocycles. The molecule has 1 aliphatic rings. The van der Waals surface area contributed by atoms with E-state index in [-0.39, 0.29) is 18.4 Å². The first-order valence-corrected chi connectivity index (χ1v) is 10.2. The number of rotatable bonds is 6. The number of piperidine rings is 1. The van der Waals surface area contributed by atoms with Gasteiger partial charge in [-0.1, -0.05) is 23.2 Å². The standard InChI is InChI=1S/C14H20Cl2N4O3S/c1-24(22,23)20-6-2-3-10(9-20)14(21)18-5-4-17-13-12(16)7-11(15)8-19-13/h7-8,10H,2-6,9H2,1H3,(H,17,19)(H,18,21). The molecule has 1 amide bonds. The molecule has 0 bridgehead atoms. The molecule has 1 aliphatic heterocycles. The number of hydrogen-bond acceptors (Lipinski definition) is 5. The Bertz CT molecular complexity index is 699. The van der Waals surface area contributed by atoms with Gasteiger partial charge >= 0.3 is 0 Å². The molecule has 2 heterocycles. The molecule has 7 nitrogen and oxygen atoms in total. The summed E-state index contributed by atoms with van der Waals surface area (Å²) in [5.74, 6) is 0.0438. The third kappa shape index (κ3) is 5.47. The molecule has 0 spiro atoms. The summed E-state index contributed by atoms with van der Waals surface area (Å²) in [6, 6.07) is 1.58. The lowest BCUT2D eigenvalue weighted by Crippen LogP contribution is -2.45. The average molecular weight is 395 g/mol. The number of carbonyl (C=O) groups is 1. The van der Waals surface area contributed by atoms with E-state index < -0.39 is 10.0 Å². The van der Waals surface area contributed by atoms with Gasteiger partial charge < -0.3 is 10.6 Å². The van der Waals surface area contributed by atoms with Gasteiger partial charge in [0.1, 0.15) is 5.82 Å². The summed E-state index contributed by atoms with van der Waals surface area (Å²) in [4.78, 5) is 16.2. The van der Waals surface area contributed by atoms with Crippen molar-refractivity contribution in [3.63, 3.8) is 0 Å². The Morgan fingerprint density at radius 3 is 2.83 bits per heavy atom. The van der Waals surface area contributed by atoms with Gasteiger partial charge in [0.15, 0.2) is 0 Å². The van der Waals surface area contributed by atoms with Crippen LogP contribution in [0.15, 0.2) is 12.3 Å². The zero-order chi connectivity index (χ0) is 17.7. The Kier molecular flexibility index (Phi) is 6.68. The Balaban J connectivity index is 1.77. The van der Waals surface area contributed by atoms with Gasteiger partial charge in [0.25, 0.3) is 0 Å². The second kappa shape index (κ2) is 8.33. The summed E-state index contributed by atoms with van der Waals surface area (Å²) in [6.07, 6.45) is 4.03. The maximum atomic E-state index is 12.2. The van der Waals surface area contributed by atoms with Crippen LogP contribution in [-0.2, 0) is 14.8 Å². The van der Waals surface area contributed by atoms with Gasteiger partial charge in [-0.15, -0.1) is 0 Å². The Morgan fingerprint density at radius 2 is 2.17 bits per heavy atom. The van der Waals surface area contributed by atoms with Crippen molar-refractivity contribution in [2.75, 3.05) is 37.8 Å². The van der Waals surface area contributed by atoms with Crippen molar-refractivity contribution in [1.82, 2.24) is 14.6 Å². The second-order valence-electron chi connectivity index (χ2n) is 5.66. The molecule has 2 rings (SSSR count). The topological polar surface area (TPSA) is 91.4 Å². The van der Waals surface area contributed by atoms with Crippen LogP contribution in [0.4, 0.5) is 5.82 Å². The molecule has 1 unspecified atom stereocenters. The minimum atomic E-state index is -3.25. The van der Waals surface area contributed by atoms with E-state index in [0.29, 0.717) is 48.3 Å². The Hall–Kier alpha value is -1.09. The number of amides is 1. The molecule has 1 fully saturated rings. The summed E-state index contributed by atoms with van der Waals surface area (Å²) in [5.41, 5.74) is 0. The number of anilines is 1. The molecule has 1 saturated heterocycles. The highest BCUT2D eigenvalue weighted by Crippen LogP contribution is 2.22. The maximum absolute atomic E-state index is 12.2. The fraction of sp³-hybridized carbons (Fsp3) is 0.571. The van der Waals surface area contributed by atoms with Crippen LogP contribution in [0.1, 0.15) is 12.8 Å². The van der Waals surface area contributed by atoms with Gasteiger partial charge in [-0.2, -0.15) is 0 Å². The summed E-state index contributed by atoms with van der Waals surface area (Å²) in [6.45, 7) is 1.55. The number of aromatic nitrogens is 1. The van der Waals surface area contributed by atoms with E-state index in [2.05, 4.69) is 15.6 Å². The molecule has 134 valence electrons. The third-order valence-corrected chi connectivity index (χ3v) is 5.51. The first-order valence-electron chi connectivity index (χ1n) is 7.55. The Morgan fingerprint density at radius 1 is 1.42 bits per heavy atom. The van der Waals surface area contributed by atoms with Crippen molar-refractivity contribution < 1.29 is 13.2 Å². The highest BCUT2D eigenvalue weighted by molar-refractivity contribution is 7.88. The number of hydrogen-bond donors (Lipinski definition) is 2. The van der Waals surface area contributed by atoms with Crippen LogP contribution >= 0.6 is 23.2 Å². The van der Waals surface area contributed by atoms with Gasteiger partial charge in [0.2, 0.25) is 15.9 Å². The van der Waals surface area contributed by atoms with Gasteiger partial charge in [-0.05, 0) is 18.9 Å². The number of pyridine rings is 1. The minimum Gasteiger partial charge on any atom is -0.367 e. The SMILES string of the molecule is CS(=O)(=O)N1CCCC(C(=O)NCCNc2ncc(Cl)cc2Cl)C1. The molecular weight excluding hydrogens is 375 g/mol. The van der Waals surface area contributed by atoms with Crippen molar-refractivity contribution in [2.45, 2.75) is 12.8 Å². The normalized spacial score (nSPS) is 19.0. The maximum Gasteiger partial charge on any atom is 0.224 e. The molecule has 0 radical (unpaired) electrons. The van der Waals surface area contributed by atoms with Crippen LogP contribution in [0.3, 0.4) is 0 Å². The van der Waals surface area contributed by atoms with Gasteiger partial charge in [-0.25, -0.2) is 17.7 Å². The molecule has 10 heteroatoms. The Labute approximate surface area is 151 Å². The molecule has 0 saturated carbocycles. The monoisotopic (exact) mass is 394 g/mol. The van der Waals surface area contributed by atoms with E-state index in [0.717, 1.165) is 0 Å². The van der Waals surface area contributed by atoms with Crippen LogP contribution in [0.2, 0.25) is 10.0 Å². The van der Waals surface area contributed by atoms with Crippen LogP contribution in [0, 0.1) is 5.92 Å². The van der Waals surface area contributed by atoms with E-state index in [4.69, 9.17) is 23.2 Å². The van der Waals surface area contributed by atoms with Gasteiger partial charge in [0.05, 0.1) is 22.2 Å². The van der Waals surface area contributed by atoms with E-state index in [9.17, 15) is 13.2 Å². The van der Waals surface area contributed by atoms with Crippen molar-refractivity contribution in [3.05, 3.63) is 22.3 Å². The van der Waals surface area contributed by atoms with Crippen LogP contribution < -0.4 is 10.6 Å². The zero-order valence-corrected chi connectivity index (χ0v) is 15.6. The number of nitrogens with one attached hydrogen (secondary N) is 2. The molecule has 0 aromatic carbocycles. The number of nitrogens with zero attached hydrogens (tertiary/aromatic N) is 2. The lowest BCUT2D eigenvalue weighted by atomic mass is 9.99. The molecule has 1 aromatic rings. The largest absolute Gasteiger partial charge is 0.367 e. The lowest BCUT2D eigenvalue weighted by Gasteiger charge is -2.30. The summed E-state index contributed by atoms with van der Waals surface area (Å²) >= 11 is 11.8.